The molecule has 0 aliphatic heterocycles. The molecule has 0 aliphatic rings. The van der Waals surface area contributed by atoms with Gasteiger partial charge in [0.25, 0.3) is 0 Å². The molecular formula is C18H19Cl2N3O2. The van der Waals surface area contributed by atoms with E-state index in [1.807, 2.05) is 12.1 Å². The molecule has 0 saturated carbocycles. The lowest BCUT2D eigenvalue weighted by atomic mass is 10.2. The van der Waals surface area contributed by atoms with Crippen LogP contribution in [0.2, 0.25) is 10.0 Å². The van der Waals surface area contributed by atoms with Crippen molar-refractivity contribution >= 4 is 40.7 Å². The van der Waals surface area contributed by atoms with Gasteiger partial charge in [-0.3, -0.25) is 14.5 Å². The molecule has 0 heterocycles. The van der Waals surface area contributed by atoms with E-state index in [0.717, 1.165) is 5.56 Å². The van der Waals surface area contributed by atoms with Crippen molar-refractivity contribution in [2.75, 3.05) is 25.5 Å². The fraction of sp³-hybridized carbons (Fsp3) is 0.222. The van der Waals surface area contributed by atoms with Crippen LogP contribution in [0.5, 0.6) is 0 Å². The van der Waals surface area contributed by atoms with Crippen molar-refractivity contribution in [3.8, 4) is 0 Å². The van der Waals surface area contributed by atoms with Gasteiger partial charge in [0.05, 0.1) is 13.1 Å². The molecule has 25 heavy (non-hydrogen) atoms. The van der Waals surface area contributed by atoms with Crippen LogP contribution >= 0.6 is 23.2 Å². The molecule has 2 N–H and O–H groups in total. The third kappa shape index (κ3) is 7.13. The summed E-state index contributed by atoms with van der Waals surface area (Å²) in [4.78, 5) is 25.6. The Kier molecular flexibility index (Phi) is 7.25. The standard InChI is InChI=1S/C18H19Cl2N3O2/c1-23(12-18(25)22-16-8-6-15(20)7-9-16)11-17(24)21-10-13-2-4-14(19)5-3-13/h2-9H,10-12H2,1H3,(H,21,24)(H,22,25). The Morgan fingerprint density at radius 1 is 0.880 bits per heavy atom. The van der Waals surface area contributed by atoms with Crippen LogP contribution in [0, 0.1) is 0 Å². The number of carbonyl (C=O) groups excluding carboxylic acids is 2. The lowest BCUT2D eigenvalue weighted by Crippen LogP contribution is -2.38. The van der Waals surface area contributed by atoms with Crippen LogP contribution in [0.4, 0.5) is 5.69 Å². The van der Waals surface area contributed by atoms with E-state index in [-0.39, 0.29) is 24.9 Å². The van der Waals surface area contributed by atoms with Crippen molar-refractivity contribution in [3.05, 3.63) is 64.1 Å². The van der Waals surface area contributed by atoms with E-state index in [9.17, 15) is 9.59 Å². The normalized spacial score (nSPS) is 10.6. The van der Waals surface area contributed by atoms with Crippen LogP contribution in [0.3, 0.4) is 0 Å². The molecule has 0 saturated heterocycles. The molecule has 2 rings (SSSR count). The van der Waals surface area contributed by atoms with Crippen molar-refractivity contribution < 1.29 is 9.59 Å². The summed E-state index contributed by atoms with van der Waals surface area (Å²) in [6.07, 6.45) is 0. The van der Waals surface area contributed by atoms with Crippen LogP contribution in [-0.2, 0) is 16.1 Å². The molecular weight excluding hydrogens is 361 g/mol. The smallest absolute Gasteiger partial charge is 0.238 e. The van der Waals surface area contributed by atoms with E-state index in [4.69, 9.17) is 23.2 Å². The number of anilines is 1. The molecule has 2 aromatic rings. The largest absolute Gasteiger partial charge is 0.351 e. The Morgan fingerprint density at radius 2 is 1.40 bits per heavy atom. The van der Waals surface area contributed by atoms with Crippen molar-refractivity contribution in [2.24, 2.45) is 0 Å². The highest BCUT2D eigenvalue weighted by molar-refractivity contribution is 6.30. The Labute approximate surface area is 156 Å². The Morgan fingerprint density at radius 3 is 2.00 bits per heavy atom. The van der Waals surface area contributed by atoms with Crippen LogP contribution < -0.4 is 10.6 Å². The molecule has 0 unspecified atom stereocenters. The maximum atomic E-state index is 12.0. The third-order valence-corrected chi connectivity index (χ3v) is 3.86. The lowest BCUT2D eigenvalue weighted by molar-refractivity contribution is -0.123. The summed E-state index contributed by atoms with van der Waals surface area (Å²) in [5.41, 5.74) is 1.62. The molecule has 0 aliphatic carbocycles. The van der Waals surface area contributed by atoms with Crippen molar-refractivity contribution in [3.63, 3.8) is 0 Å². The Hall–Kier alpha value is -2.08. The van der Waals surface area contributed by atoms with Crippen LogP contribution in [0.1, 0.15) is 5.56 Å². The van der Waals surface area contributed by atoms with E-state index in [1.54, 1.807) is 48.3 Å². The van der Waals surface area contributed by atoms with Crippen LogP contribution in [0.25, 0.3) is 0 Å². The highest BCUT2D eigenvalue weighted by Gasteiger charge is 2.11. The number of benzene rings is 2. The molecule has 0 fully saturated rings. The molecule has 0 atom stereocenters. The number of nitrogens with zero attached hydrogens (tertiary/aromatic N) is 1. The molecule has 5 nitrogen and oxygen atoms in total. The van der Waals surface area contributed by atoms with E-state index in [0.29, 0.717) is 22.3 Å². The maximum Gasteiger partial charge on any atom is 0.238 e. The number of carbonyl (C=O) groups is 2. The topological polar surface area (TPSA) is 61.4 Å². The molecule has 2 aromatic carbocycles. The lowest BCUT2D eigenvalue weighted by Gasteiger charge is -2.16. The summed E-state index contributed by atoms with van der Waals surface area (Å²) in [5.74, 6) is -0.355. The van der Waals surface area contributed by atoms with Crippen LogP contribution in [-0.4, -0.2) is 36.9 Å². The van der Waals surface area contributed by atoms with Gasteiger partial charge in [-0.15, -0.1) is 0 Å². The first-order chi connectivity index (χ1) is 11.9. The number of nitrogens with one attached hydrogen (secondary N) is 2. The fourth-order valence-electron chi connectivity index (χ4n) is 2.14. The van der Waals surface area contributed by atoms with E-state index in [1.165, 1.54) is 0 Å². The maximum absolute atomic E-state index is 12.0. The first-order valence-corrected chi connectivity index (χ1v) is 8.43. The SMILES string of the molecule is CN(CC(=O)NCc1ccc(Cl)cc1)CC(=O)Nc1ccc(Cl)cc1. The van der Waals surface area contributed by atoms with Gasteiger partial charge >= 0.3 is 0 Å². The molecule has 0 spiro atoms. The van der Waals surface area contributed by atoms with Gasteiger partial charge in [0, 0.05) is 22.3 Å². The van der Waals surface area contributed by atoms with Gasteiger partial charge in [0.1, 0.15) is 0 Å². The van der Waals surface area contributed by atoms with Gasteiger partial charge in [-0.05, 0) is 49.0 Å². The summed E-state index contributed by atoms with van der Waals surface area (Å²) in [6, 6.07) is 14.1. The highest BCUT2D eigenvalue weighted by Crippen LogP contribution is 2.13. The summed E-state index contributed by atoms with van der Waals surface area (Å²) in [7, 11) is 1.71. The second-order valence-electron chi connectivity index (χ2n) is 5.63. The monoisotopic (exact) mass is 379 g/mol. The molecule has 0 radical (unpaired) electrons. The zero-order chi connectivity index (χ0) is 18.2. The summed E-state index contributed by atoms with van der Waals surface area (Å²) in [5, 5.41) is 6.82. The number of hydrogen-bond acceptors (Lipinski definition) is 3. The third-order valence-electron chi connectivity index (χ3n) is 3.36. The van der Waals surface area contributed by atoms with Crippen LogP contribution in [0.15, 0.2) is 48.5 Å². The molecule has 2 amide bonds. The average molecular weight is 380 g/mol. The van der Waals surface area contributed by atoms with Crippen molar-refractivity contribution in [2.45, 2.75) is 6.54 Å². The van der Waals surface area contributed by atoms with Gasteiger partial charge in [0.2, 0.25) is 11.8 Å². The first-order valence-electron chi connectivity index (χ1n) is 7.67. The minimum absolute atomic E-state index is 0.108. The number of rotatable bonds is 7. The zero-order valence-electron chi connectivity index (χ0n) is 13.8. The number of halogens is 2. The minimum atomic E-state index is -0.199. The summed E-state index contributed by atoms with van der Waals surface area (Å²) in [6.45, 7) is 0.652. The molecule has 0 aromatic heterocycles. The number of amides is 2. The second-order valence-corrected chi connectivity index (χ2v) is 6.50. The van der Waals surface area contributed by atoms with E-state index < -0.39 is 0 Å². The van der Waals surface area contributed by atoms with Gasteiger partial charge in [-0.2, -0.15) is 0 Å². The second kappa shape index (κ2) is 9.42. The van der Waals surface area contributed by atoms with Crippen molar-refractivity contribution in [1.82, 2.24) is 10.2 Å². The highest BCUT2D eigenvalue weighted by atomic mass is 35.5. The zero-order valence-corrected chi connectivity index (χ0v) is 15.3. The van der Waals surface area contributed by atoms with E-state index >= 15 is 0 Å². The Balaban J connectivity index is 1.72. The van der Waals surface area contributed by atoms with E-state index in [2.05, 4.69) is 10.6 Å². The summed E-state index contributed by atoms with van der Waals surface area (Å²) < 4.78 is 0. The summed E-state index contributed by atoms with van der Waals surface area (Å²) >= 11 is 11.6. The molecule has 0 bridgehead atoms. The molecule has 132 valence electrons. The van der Waals surface area contributed by atoms with Gasteiger partial charge < -0.3 is 10.6 Å². The quantitative estimate of drug-likeness (QED) is 0.776. The Bertz CT molecular complexity index is 718. The molecule has 7 heteroatoms. The minimum Gasteiger partial charge on any atom is -0.351 e. The number of hydrogen-bond donors (Lipinski definition) is 2. The van der Waals surface area contributed by atoms with Gasteiger partial charge in [0.15, 0.2) is 0 Å². The van der Waals surface area contributed by atoms with Crippen molar-refractivity contribution in [1.29, 1.82) is 0 Å². The average Bonchev–Trinajstić information content (AvgIpc) is 2.56. The van der Waals surface area contributed by atoms with Gasteiger partial charge in [-0.25, -0.2) is 0 Å². The predicted molar refractivity (Wildman–Crippen MR) is 101 cm³/mol. The number of likely N-dealkylation sites (N-methyl/N-ethyl adjacent to an activating group) is 1. The predicted octanol–water partition coefficient (Wildman–Crippen LogP) is 3.18. The first kappa shape index (κ1) is 19.2. The van der Waals surface area contributed by atoms with Gasteiger partial charge in [-0.1, -0.05) is 35.3 Å². The fourth-order valence-corrected chi connectivity index (χ4v) is 2.39.